The number of aromatic nitrogens is 2. The Bertz CT molecular complexity index is 1600. The average Bonchev–Trinajstić information content (AvgIpc) is 2.91. The van der Waals surface area contributed by atoms with Gasteiger partial charge in [0.15, 0.2) is 11.5 Å². The minimum Gasteiger partial charge on any atom is -0.444 e. The topological polar surface area (TPSA) is 149 Å². The van der Waals surface area contributed by atoms with E-state index in [1.54, 1.807) is 33.0 Å². The number of nitrogen functional groups attached to an aromatic ring is 1. The van der Waals surface area contributed by atoms with E-state index in [0.717, 1.165) is 36.6 Å². The van der Waals surface area contributed by atoms with Crippen molar-refractivity contribution in [1.82, 2.24) is 15.3 Å². The highest BCUT2D eigenvalue weighted by atomic mass is 19.1. The molecule has 1 saturated heterocycles. The third-order valence-corrected chi connectivity index (χ3v) is 7.93. The molecule has 1 aliphatic carbocycles. The summed E-state index contributed by atoms with van der Waals surface area (Å²) in [5.74, 6) is -4.16. The molecule has 0 spiro atoms. The number of halogens is 3. The Balaban J connectivity index is 1.39. The zero-order chi connectivity index (χ0) is 32.7. The molecule has 1 saturated carbocycles. The SMILES string of the molecule is C[C@@H]1C[C@H](NC(=O)OC(C)(C)C)C[C@H](c2ccncc2NC(=O)c2nc(-c3c(F)cc(C4(O)COC4)cc3F)c(F)cc2N)C1. The number of rotatable bonds is 6. The van der Waals surface area contributed by atoms with E-state index in [1.165, 1.54) is 6.20 Å². The Morgan fingerprint density at radius 3 is 2.40 bits per heavy atom. The van der Waals surface area contributed by atoms with E-state index in [-0.39, 0.29) is 42.3 Å². The Labute approximate surface area is 258 Å². The summed E-state index contributed by atoms with van der Waals surface area (Å²) in [5, 5.41) is 16.1. The number of amides is 2. The Hall–Kier alpha value is -4.23. The lowest BCUT2D eigenvalue weighted by Crippen LogP contribution is -2.46. The third kappa shape index (κ3) is 7.04. The predicted octanol–water partition coefficient (Wildman–Crippen LogP) is 5.41. The largest absolute Gasteiger partial charge is 0.444 e. The van der Waals surface area contributed by atoms with Crippen LogP contribution >= 0.6 is 0 Å². The number of carbonyl (C=O) groups excluding carboxylic acids is 2. The van der Waals surface area contributed by atoms with Gasteiger partial charge in [0.05, 0.1) is 36.3 Å². The molecule has 0 bridgehead atoms. The molecule has 13 heteroatoms. The summed E-state index contributed by atoms with van der Waals surface area (Å²) >= 11 is 0. The minimum absolute atomic E-state index is 0.0639. The van der Waals surface area contributed by atoms with Gasteiger partial charge in [-0.25, -0.2) is 22.9 Å². The van der Waals surface area contributed by atoms with Crippen LogP contribution in [0, 0.1) is 23.4 Å². The highest BCUT2D eigenvalue weighted by Gasteiger charge is 2.39. The quantitative estimate of drug-likeness (QED) is 0.284. The van der Waals surface area contributed by atoms with Gasteiger partial charge in [0.2, 0.25) is 0 Å². The van der Waals surface area contributed by atoms with Crippen LogP contribution in [0.3, 0.4) is 0 Å². The van der Waals surface area contributed by atoms with Gasteiger partial charge in [-0.15, -0.1) is 0 Å². The summed E-state index contributed by atoms with van der Waals surface area (Å²) in [4.78, 5) is 34.0. The summed E-state index contributed by atoms with van der Waals surface area (Å²) in [6, 6.07) is 4.14. The van der Waals surface area contributed by atoms with Gasteiger partial charge in [-0.1, -0.05) is 6.92 Å². The molecule has 1 aliphatic heterocycles. The summed E-state index contributed by atoms with van der Waals surface area (Å²) in [7, 11) is 0. The van der Waals surface area contributed by atoms with E-state index in [9.17, 15) is 14.7 Å². The minimum atomic E-state index is -1.55. The van der Waals surface area contributed by atoms with E-state index in [4.69, 9.17) is 15.2 Å². The van der Waals surface area contributed by atoms with Gasteiger partial charge in [-0.05, 0) is 81.2 Å². The molecule has 10 nitrogen and oxygen atoms in total. The molecule has 0 radical (unpaired) electrons. The third-order valence-electron chi connectivity index (χ3n) is 7.93. The van der Waals surface area contributed by atoms with Crippen LogP contribution in [0.4, 0.5) is 29.3 Å². The predicted molar refractivity (Wildman–Crippen MR) is 160 cm³/mol. The number of nitrogens with zero attached hydrogens (tertiary/aromatic N) is 2. The monoisotopic (exact) mass is 627 g/mol. The molecule has 45 heavy (non-hydrogen) atoms. The highest BCUT2D eigenvalue weighted by molar-refractivity contribution is 6.07. The first-order valence-electron chi connectivity index (χ1n) is 14.6. The number of alkyl carbamates (subject to hydrolysis) is 1. The molecule has 2 amide bonds. The highest BCUT2D eigenvalue weighted by Crippen LogP contribution is 2.40. The molecule has 3 atom stereocenters. The van der Waals surface area contributed by atoms with E-state index in [1.807, 2.05) is 0 Å². The number of carbonyl (C=O) groups is 2. The van der Waals surface area contributed by atoms with Crippen molar-refractivity contribution < 1.29 is 37.3 Å². The van der Waals surface area contributed by atoms with Crippen molar-refractivity contribution in [3.63, 3.8) is 0 Å². The molecule has 2 fully saturated rings. The van der Waals surface area contributed by atoms with Crippen molar-refractivity contribution in [1.29, 1.82) is 0 Å². The van der Waals surface area contributed by atoms with Crippen LogP contribution in [0.25, 0.3) is 11.3 Å². The number of hydrogen-bond acceptors (Lipinski definition) is 8. The number of nitrogens with one attached hydrogen (secondary N) is 2. The summed E-state index contributed by atoms with van der Waals surface area (Å²) in [6.45, 7) is 7.16. The molecule has 1 aromatic carbocycles. The van der Waals surface area contributed by atoms with Gasteiger partial charge in [0.25, 0.3) is 5.91 Å². The maximum Gasteiger partial charge on any atom is 0.407 e. The number of nitrogens with two attached hydrogens (primary N) is 1. The molecule has 2 aromatic heterocycles. The van der Waals surface area contributed by atoms with Crippen molar-refractivity contribution in [2.24, 2.45) is 5.92 Å². The maximum absolute atomic E-state index is 15.2. The van der Waals surface area contributed by atoms with E-state index >= 15 is 13.2 Å². The first-order valence-corrected chi connectivity index (χ1v) is 14.6. The summed E-state index contributed by atoms with van der Waals surface area (Å²) in [6.07, 6.45) is 4.64. The second-order valence-electron chi connectivity index (χ2n) is 12.9. The smallest absolute Gasteiger partial charge is 0.407 e. The zero-order valence-electron chi connectivity index (χ0n) is 25.4. The fraction of sp³-hybridized carbons (Fsp3) is 0.438. The lowest BCUT2D eigenvalue weighted by molar-refractivity contribution is -0.184. The molecule has 3 heterocycles. The van der Waals surface area contributed by atoms with Gasteiger partial charge >= 0.3 is 6.09 Å². The van der Waals surface area contributed by atoms with Gasteiger partial charge in [0, 0.05) is 18.3 Å². The first-order chi connectivity index (χ1) is 21.1. The number of pyridine rings is 2. The Kier molecular flexibility index (Phi) is 8.78. The molecule has 3 aromatic rings. The molecular weight excluding hydrogens is 591 g/mol. The van der Waals surface area contributed by atoms with E-state index < -0.39 is 57.6 Å². The van der Waals surface area contributed by atoms with Crippen LogP contribution in [-0.4, -0.2) is 51.9 Å². The molecule has 0 unspecified atom stereocenters. The number of aliphatic hydroxyl groups is 1. The van der Waals surface area contributed by atoms with Crippen LogP contribution in [0.15, 0.2) is 36.7 Å². The first kappa shape index (κ1) is 32.2. The fourth-order valence-electron chi connectivity index (χ4n) is 5.89. The fourth-order valence-corrected chi connectivity index (χ4v) is 5.89. The van der Waals surface area contributed by atoms with Crippen LogP contribution < -0.4 is 16.4 Å². The molecule has 240 valence electrons. The average molecular weight is 628 g/mol. The van der Waals surface area contributed by atoms with Crippen LogP contribution in [0.1, 0.15) is 74.5 Å². The Morgan fingerprint density at radius 1 is 1.09 bits per heavy atom. The summed E-state index contributed by atoms with van der Waals surface area (Å²) < 4.78 is 55.7. The van der Waals surface area contributed by atoms with Crippen molar-refractivity contribution in [3.8, 4) is 11.3 Å². The molecule has 5 rings (SSSR count). The van der Waals surface area contributed by atoms with Crippen molar-refractivity contribution in [2.75, 3.05) is 24.3 Å². The van der Waals surface area contributed by atoms with Crippen LogP contribution in [0.2, 0.25) is 0 Å². The van der Waals surface area contributed by atoms with Crippen molar-refractivity contribution >= 4 is 23.4 Å². The van der Waals surface area contributed by atoms with Gasteiger partial charge in [0.1, 0.15) is 28.5 Å². The zero-order valence-corrected chi connectivity index (χ0v) is 25.4. The van der Waals surface area contributed by atoms with Crippen molar-refractivity contribution in [2.45, 2.75) is 70.1 Å². The Morgan fingerprint density at radius 2 is 1.78 bits per heavy atom. The number of anilines is 2. The molecule has 2 aliphatic rings. The van der Waals surface area contributed by atoms with Gasteiger partial charge < -0.3 is 30.9 Å². The molecular formula is C32H36F3N5O5. The van der Waals surface area contributed by atoms with Crippen LogP contribution in [-0.2, 0) is 15.1 Å². The number of hydrogen-bond donors (Lipinski definition) is 4. The van der Waals surface area contributed by atoms with E-state index in [0.29, 0.717) is 12.1 Å². The van der Waals surface area contributed by atoms with Gasteiger partial charge in [-0.3, -0.25) is 9.78 Å². The standard InChI is InChI=1S/C32H36F3N5O5/c1-16-7-17(9-19(8-16)38-30(42)45-31(2,3)4)20-5-6-37-13-25(20)39-29(41)28-24(36)12-23(35)27(40-28)26-21(33)10-18(11-22(26)34)32(43)14-44-15-32/h5-6,10-13,16-17,19,43H,7-9,14-15,36H2,1-4H3,(H,38,42)(H,39,41)/t16-,17+,19-/m0/s1. The maximum atomic E-state index is 15.2. The van der Waals surface area contributed by atoms with Crippen LogP contribution in [0.5, 0.6) is 0 Å². The lowest BCUT2D eigenvalue weighted by Gasteiger charge is -2.36. The van der Waals surface area contributed by atoms with Gasteiger partial charge in [-0.2, -0.15) is 0 Å². The molecule has 5 N–H and O–H groups in total. The van der Waals surface area contributed by atoms with Crippen molar-refractivity contribution in [3.05, 3.63) is 70.9 Å². The second-order valence-corrected chi connectivity index (χ2v) is 12.9. The van der Waals surface area contributed by atoms with E-state index in [2.05, 4.69) is 27.5 Å². The second kappa shape index (κ2) is 12.3. The number of ether oxygens (including phenoxy) is 2. The lowest BCUT2D eigenvalue weighted by atomic mass is 9.76. The number of benzene rings is 1. The summed E-state index contributed by atoms with van der Waals surface area (Å²) in [5.41, 5.74) is 2.44. The normalized spacial score (nSPS) is 21.0.